The van der Waals surface area contributed by atoms with Gasteiger partial charge in [-0.1, -0.05) is 19.1 Å². The maximum atomic E-state index is 12.9. The Hall–Kier alpha value is -2.74. The number of methoxy groups -OCH3 is 1. The van der Waals surface area contributed by atoms with E-state index in [-0.39, 0.29) is 28.2 Å². The molecule has 2 aliphatic rings. The zero-order chi connectivity index (χ0) is 24.1. The Morgan fingerprint density at radius 3 is 2.39 bits per heavy atom. The number of nitrogens with zero attached hydrogens (tertiary/aromatic N) is 1. The molecule has 0 bridgehead atoms. The van der Waals surface area contributed by atoms with Gasteiger partial charge in [0.25, 0.3) is 11.8 Å². The van der Waals surface area contributed by atoms with E-state index in [1.54, 1.807) is 6.07 Å². The third kappa shape index (κ3) is 4.28. The topological polar surface area (TPSA) is 108 Å². The van der Waals surface area contributed by atoms with Crippen molar-refractivity contribution in [3.8, 4) is 5.75 Å². The Kier molecular flexibility index (Phi) is 5.85. The fraction of sp³-hybridized carbons (Fsp3) is 0.400. The minimum Gasteiger partial charge on any atom is -0.465 e. The van der Waals surface area contributed by atoms with Crippen LogP contribution in [0.25, 0.3) is 10.8 Å². The van der Waals surface area contributed by atoms with Crippen molar-refractivity contribution in [1.82, 2.24) is 5.06 Å². The summed E-state index contributed by atoms with van der Waals surface area (Å²) in [5, 5.41) is 0.105. The van der Waals surface area contributed by atoms with E-state index in [4.69, 9.17) is 14.2 Å². The number of ether oxygens (including phenoxy) is 3. The molecule has 0 spiro atoms. The van der Waals surface area contributed by atoms with Gasteiger partial charge in [-0.25, -0.2) is 0 Å². The molecule has 2 aromatic rings. The van der Waals surface area contributed by atoms with E-state index in [0.29, 0.717) is 18.2 Å². The zero-order valence-electron chi connectivity index (χ0n) is 17.3. The monoisotopic (exact) mass is 489 g/mol. The lowest BCUT2D eigenvalue weighted by Gasteiger charge is -2.33. The molecule has 0 aliphatic carbocycles. The van der Waals surface area contributed by atoms with Crippen molar-refractivity contribution in [2.75, 3.05) is 7.11 Å². The molecule has 2 aliphatic heterocycles. The van der Waals surface area contributed by atoms with Crippen LogP contribution in [0.4, 0.5) is 13.2 Å². The van der Waals surface area contributed by atoms with Gasteiger partial charge in [0, 0.05) is 25.3 Å². The highest BCUT2D eigenvalue weighted by molar-refractivity contribution is 7.87. The van der Waals surface area contributed by atoms with Crippen LogP contribution in [-0.2, 0) is 23.9 Å². The van der Waals surface area contributed by atoms with E-state index in [1.165, 1.54) is 31.4 Å². The minimum atomic E-state index is -6.26. The first-order valence-electron chi connectivity index (χ1n) is 9.72. The molecule has 1 saturated heterocycles. The highest BCUT2D eigenvalue weighted by Gasteiger charge is 2.51. The van der Waals surface area contributed by atoms with Gasteiger partial charge in [0.15, 0.2) is 6.29 Å². The molecule has 0 N–H and O–H groups in total. The molecule has 9 nitrogen and oxygen atoms in total. The van der Waals surface area contributed by atoms with Gasteiger partial charge in [0.2, 0.25) is 6.29 Å². The van der Waals surface area contributed by atoms with E-state index < -0.39 is 45.1 Å². The average molecular weight is 489 g/mol. The molecule has 2 amide bonds. The molecule has 33 heavy (non-hydrogen) atoms. The quantitative estimate of drug-likeness (QED) is 0.465. The Labute approximate surface area is 186 Å². The van der Waals surface area contributed by atoms with E-state index in [2.05, 4.69) is 4.28 Å². The summed E-state index contributed by atoms with van der Waals surface area (Å²) in [7, 11) is -4.78. The maximum Gasteiger partial charge on any atom is 0.525 e. The van der Waals surface area contributed by atoms with Gasteiger partial charge >= 0.3 is 15.6 Å². The molecule has 0 radical (unpaired) electrons. The molecule has 4 rings (SSSR count). The molecular formula is C20H18F3NO8S. The summed E-state index contributed by atoms with van der Waals surface area (Å²) >= 11 is 0. The number of alkyl halides is 3. The SMILES string of the molecule is COC1CC(C)CC(Oc2cc3c4c(cccc4c2)C(=O)N(OS(=O)(=O)C(F)(F)F)C3=O)O1. The molecule has 2 heterocycles. The molecule has 1 fully saturated rings. The van der Waals surface area contributed by atoms with Crippen LogP contribution in [0.2, 0.25) is 0 Å². The number of carbonyl (C=O) groups is 2. The lowest BCUT2D eigenvalue weighted by molar-refractivity contribution is -0.242. The van der Waals surface area contributed by atoms with Gasteiger partial charge in [-0.3, -0.25) is 9.59 Å². The fourth-order valence-electron chi connectivity index (χ4n) is 3.75. The largest absolute Gasteiger partial charge is 0.525 e. The lowest BCUT2D eigenvalue weighted by Crippen LogP contribution is -2.44. The number of imide groups is 1. The zero-order valence-corrected chi connectivity index (χ0v) is 18.1. The third-order valence-electron chi connectivity index (χ3n) is 5.26. The summed E-state index contributed by atoms with van der Waals surface area (Å²) in [5.41, 5.74) is -6.30. The Morgan fingerprint density at radius 2 is 1.73 bits per heavy atom. The summed E-state index contributed by atoms with van der Waals surface area (Å²) in [6.07, 6.45) is -0.0631. The van der Waals surface area contributed by atoms with Crippen LogP contribution in [0, 0.1) is 5.92 Å². The molecule has 3 unspecified atom stereocenters. The van der Waals surface area contributed by atoms with Gasteiger partial charge in [0.05, 0.1) is 11.1 Å². The van der Waals surface area contributed by atoms with Crippen molar-refractivity contribution in [1.29, 1.82) is 0 Å². The highest BCUT2D eigenvalue weighted by Crippen LogP contribution is 2.36. The van der Waals surface area contributed by atoms with Gasteiger partial charge < -0.3 is 14.2 Å². The second-order valence-electron chi connectivity index (χ2n) is 7.68. The van der Waals surface area contributed by atoms with Crippen LogP contribution in [0.5, 0.6) is 5.75 Å². The van der Waals surface area contributed by atoms with Crippen molar-refractivity contribution in [2.24, 2.45) is 5.92 Å². The third-order valence-corrected chi connectivity index (χ3v) is 6.17. The Balaban J connectivity index is 1.72. The number of benzene rings is 2. The summed E-state index contributed by atoms with van der Waals surface area (Å²) < 4.78 is 81.8. The van der Waals surface area contributed by atoms with Crippen LogP contribution >= 0.6 is 0 Å². The van der Waals surface area contributed by atoms with Gasteiger partial charge in [-0.2, -0.15) is 21.6 Å². The van der Waals surface area contributed by atoms with E-state index in [1.807, 2.05) is 6.92 Å². The number of carbonyl (C=O) groups excluding carboxylic acids is 2. The normalized spacial score (nSPS) is 23.8. The van der Waals surface area contributed by atoms with Crippen LogP contribution in [0.1, 0.15) is 40.5 Å². The van der Waals surface area contributed by atoms with Gasteiger partial charge in [0.1, 0.15) is 5.75 Å². The van der Waals surface area contributed by atoms with Gasteiger partial charge in [-0.05, 0) is 29.5 Å². The predicted molar refractivity (Wildman–Crippen MR) is 105 cm³/mol. The van der Waals surface area contributed by atoms with Crippen LogP contribution in [0.3, 0.4) is 0 Å². The smallest absolute Gasteiger partial charge is 0.465 e. The first kappa shape index (κ1) is 23.4. The number of rotatable bonds is 5. The minimum absolute atomic E-state index is 0.130. The van der Waals surface area contributed by atoms with Crippen molar-refractivity contribution >= 4 is 32.7 Å². The van der Waals surface area contributed by atoms with Gasteiger partial charge in [-0.15, -0.1) is 9.35 Å². The average Bonchev–Trinajstić information content (AvgIpc) is 2.73. The number of hydroxylamine groups is 2. The van der Waals surface area contributed by atoms with Crippen molar-refractivity contribution in [3.05, 3.63) is 41.5 Å². The van der Waals surface area contributed by atoms with Crippen molar-refractivity contribution in [3.63, 3.8) is 0 Å². The summed E-state index contributed by atoms with van der Waals surface area (Å²) in [4.78, 5) is 25.5. The molecule has 2 aromatic carbocycles. The maximum absolute atomic E-state index is 12.9. The highest BCUT2D eigenvalue weighted by atomic mass is 32.2. The number of amides is 2. The summed E-state index contributed by atoms with van der Waals surface area (Å²) in [5.74, 6) is -2.39. The summed E-state index contributed by atoms with van der Waals surface area (Å²) in [6.45, 7) is 1.98. The van der Waals surface area contributed by atoms with Crippen LogP contribution < -0.4 is 4.74 Å². The molecule has 178 valence electrons. The van der Waals surface area contributed by atoms with E-state index in [9.17, 15) is 31.2 Å². The lowest BCUT2D eigenvalue weighted by atomic mass is 9.94. The van der Waals surface area contributed by atoms with E-state index >= 15 is 0 Å². The van der Waals surface area contributed by atoms with Crippen LogP contribution in [-0.4, -0.2) is 50.5 Å². The van der Waals surface area contributed by atoms with Crippen molar-refractivity contribution in [2.45, 2.75) is 37.9 Å². The number of hydrogen-bond donors (Lipinski definition) is 0. The second-order valence-corrected chi connectivity index (χ2v) is 9.20. The molecule has 0 saturated carbocycles. The predicted octanol–water partition coefficient (Wildman–Crippen LogP) is 3.34. The van der Waals surface area contributed by atoms with Crippen LogP contribution in [0.15, 0.2) is 30.3 Å². The fourth-order valence-corrected chi connectivity index (χ4v) is 4.16. The standard InChI is InChI=1S/C20H18F3NO8S/c1-10-6-15(29-2)31-16(7-10)30-12-8-11-4-3-5-13-17(11)14(9-12)19(26)24(18(13)25)32-33(27,28)20(21,22)23/h3-5,8-10,15-16H,6-7H2,1-2H3. The molecule has 0 aromatic heterocycles. The Morgan fingerprint density at radius 1 is 1.06 bits per heavy atom. The number of halogens is 3. The molecule has 13 heteroatoms. The summed E-state index contributed by atoms with van der Waals surface area (Å²) in [6, 6.07) is 6.97. The number of hydrogen-bond acceptors (Lipinski definition) is 8. The van der Waals surface area contributed by atoms with Crippen molar-refractivity contribution < 1.29 is 49.7 Å². The second kappa shape index (κ2) is 8.24. The molecule has 3 atom stereocenters. The first-order valence-corrected chi connectivity index (χ1v) is 11.1. The molecular weight excluding hydrogens is 471 g/mol. The van der Waals surface area contributed by atoms with E-state index in [0.717, 1.165) is 0 Å². The first-order chi connectivity index (χ1) is 15.4. The Bertz CT molecular complexity index is 1230.